The molecule has 0 bridgehead atoms. The van der Waals surface area contributed by atoms with E-state index in [4.69, 9.17) is 10.00 Å². The van der Waals surface area contributed by atoms with Crippen molar-refractivity contribution in [3.05, 3.63) is 65.7 Å². The molecule has 166 valence electrons. The van der Waals surface area contributed by atoms with Crippen molar-refractivity contribution in [3.63, 3.8) is 0 Å². The predicted molar refractivity (Wildman–Crippen MR) is 130 cm³/mol. The number of nitriles is 2. The van der Waals surface area contributed by atoms with E-state index in [1.807, 2.05) is 24.3 Å². The van der Waals surface area contributed by atoms with Gasteiger partial charge in [-0.25, -0.2) is 0 Å². The number of carbonyl (C=O) groups is 1. The molecular formula is C26H24N3O2PS. The molecule has 2 unspecified atom stereocenters. The van der Waals surface area contributed by atoms with Crippen molar-refractivity contribution in [3.8, 4) is 22.8 Å². The topological polar surface area (TPSA) is 77.1 Å². The van der Waals surface area contributed by atoms with E-state index in [1.165, 1.54) is 17.3 Å². The summed E-state index contributed by atoms with van der Waals surface area (Å²) in [5, 5.41) is 18.9. The number of hydrogen-bond donors (Lipinski definition) is 0. The third-order valence-corrected chi connectivity index (χ3v) is 7.99. The van der Waals surface area contributed by atoms with E-state index < -0.39 is 5.92 Å². The quantitative estimate of drug-likeness (QED) is 0.515. The van der Waals surface area contributed by atoms with E-state index in [-0.39, 0.29) is 22.7 Å². The Balaban J connectivity index is 1.43. The third-order valence-electron chi connectivity index (χ3n) is 6.59. The number of likely N-dealkylation sites (tertiary alicyclic amines) is 1. The summed E-state index contributed by atoms with van der Waals surface area (Å²) in [6, 6.07) is 21.7. The monoisotopic (exact) mass is 473 g/mol. The molecule has 1 amide bonds. The number of amides is 1. The van der Waals surface area contributed by atoms with Crippen LogP contribution in [0, 0.1) is 33.5 Å². The second kappa shape index (κ2) is 10.5. The molecule has 2 aromatic carbocycles. The van der Waals surface area contributed by atoms with E-state index in [9.17, 15) is 10.1 Å². The summed E-state index contributed by atoms with van der Waals surface area (Å²) >= 11 is 1.36. The van der Waals surface area contributed by atoms with Gasteiger partial charge in [0.2, 0.25) is 0 Å². The molecule has 2 fully saturated rings. The summed E-state index contributed by atoms with van der Waals surface area (Å²) < 4.78 is 6.04. The number of ether oxygens (including phenoxy) is 1. The zero-order chi connectivity index (χ0) is 23.3. The molecule has 0 spiro atoms. The van der Waals surface area contributed by atoms with E-state index >= 15 is 0 Å². The number of thioether (sulfide) groups is 1. The molecule has 1 aliphatic heterocycles. The summed E-state index contributed by atoms with van der Waals surface area (Å²) in [5.74, 6) is -0.212. The molecule has 33 heavy (non-hydrogen) atoms. The Morgan fingerprint density at radius 2 is 1.85 bits per heavy atom. The van der Waals surface area contributed by atoms with Gasteiger partial charge >= 0.3 is 172 Å². The van der Waals surface area contributed by atoms with Crippen molar-refractivity contribution < 1.29 is 9.53 Å². The van der Waals surface area contributed by atoms with Crippen LogP contribution in [0.4, 0.5) is 0 Å². The van der Waals surface area contributed by atoms with Crippen LogP contribution in [0.25, 0.3) is 0 Å². The summed E-state index contributed by atoms with van der Waals surface area (Å²) in [7, 11) is 4.18. The normalized spacial score (nSPS) is 18.8. The van der Waals surface area contributed by atoms with Crippen molar-refractivity contribution in [2.75, 3.05) is 13.1 Å². The molecule has 0 aromatic heterocycles. The average Bonchev–Trinajstić information content (AvgIpc) is 3.67. The van der Waals surface area contributed by atoms with Crippen LogP contribution < -0.4 is 4.74 Å². The summed E-state index contributed by atoms with van der Waals surface area (Å²) in [6.45, 7) is 1.09. The SMILES string of the molecule is N#Cc1cccc(OC2CCN(C(=O)C(C#N)C(SC#P)C3(c4ccccc4)CC3)CC2)c1. The van der Waals surface area contributed by atoms with Crippen molar-refractivity contribution in [1.29, 1.82) is 10.5 Å². The molecule has 0 radical (unpaired) electrons. The molecule has 1 heterocycles. The number of rotatable bonds is 7. The van der Waals surface area contributed by atoms with E-state index in [0.717, 1.165) is 12.8 Å². The Hall–Kier alpha value is -2.75. The summed E-state index contributed by atoms with van der Waals surface area (Å²) in [5.41, 5.74) is 1.54. The predicted octanol–water partition coefficient (Wildman–Crippen LogP) is 5.23. The Kier molecular flexibility index (Phi) is 7.42. The van der Waals surface area contributed by atoms with Gasteiger partial charge in [0.25, 0.3) is 0 Å². The van der Waals surface area contributed by atoms with Gasteiger partial charge in [-0.15, -0.1) is 0 Å². The zero-order valence-corrected chi connectivity index (χ0v) is 19.9. The van der Waals surface area contributed by atoms with Crippen LogP contribution in [0.1, 0.15) is 36.8 Å². The molecule has 0 N–H and O–H groups in total. The van der Waals surface area contributed by atoms with Crippen LogP contribution in [0.2, 0.25) is 0 Å². The van der Waals surface area contributed by atoms with Gasteiger partial charge in [-0.1, -0.05) is 6.07 Å². The van der Waals surface area contributed by atoms with Crippen LogP contribution in [0.5, 0.6) is 5.75 Å². The fourth-order valence-corrected chi connectivity index (χ4v) is 6.04. The molecule has 1 aliphatic carbocycles. The second-order valence-electron chi connectivity index (χ2n) is 8.54. The number of benzene rings is 2. The first-order chi connectivity index (χ1) is 16.1. The van der Waals surface area contributed by atoms with Gasteiger partial charge in [-0.3, -0.25) is 0 Å². The Bertz CT molecular complexity index is 1120. The molecule has 1 saturated carbocycles. The molecular weight excluding hydrogens is 449 g/mol. The standard InChI is InChI=1S/C26H24N3O2PS/c27-16-19-5-4-8-22(15-19)31-21-9-13-29(14-10-21)25(30)23(17-28)24(33-18-32)26(11-12-26)20-6-2-1-3-7-20/h1-8,15,21,23-24H,9-14H2. The molecule has 1 saturated heterocycles. The Labute approximate surface area is 201 Å². The molecule has 2 atom stereocenters. The van der Waals surface area contributed by atoms with Crippen molar-refractivity contribution >= 4 is 26.4 Å². The Morgan fingerprint density at radius 1 is 1.12 bits per heavy atom. The van der Waals surface area contributed by atoms with Crippen molar-refractivity contribution in [2.24, 2.45) is 5.92 Å². The van der Waals surface area contributed by atoms with Crippen molar-refractivity contribution in [2.45, 2.75) is 42.5 Å². The summed E-state index contributed by atoms with van der Waals surface area (Å²) in [4.78, 5) is 18.1. The van der Waals surface area contributed by atoms with Gasteiger partial charge < -0.3 is 0 Å². The Morgan fingerprint density at radius 3 is 2.45 bits per heavy atom. The molecule has 2 aliphatic rings. The molecule has 4 rings (SSSR count). The minimum absolute atomic E-state index is 0.0214. The van der Waals surface area contributed by atoms with Crippen LogP contribution >= 0.6 is 20.5 Å². The number of nitrogens with zero attached hydrogens (tertiary/aromatic N) is 3. The van der Waals surface area contributed by atoms with Crippen LogP contribution in [-0.4, -0.2) is 35.3 Å². The van der Waals surface area contributed by atoms with E-state index in [0.29, 0.717) is 37.2 Å². The summed E-state index contributed by atoms with van der Waals surface area (Å²) in [6.07, 6.45) is 3.26. The molecule has 2 aromatic rings. The molecule has 5 nitrogen and oxygen atoms in total. The van der Waals surface area contributed by atoms with Crippen LogP contribution in [0.15, 0.2) is 54.6 Å². The van der Waals surface area contributed by atoms with Crippen LogP contribution in [0.3, 0.4) is 0 Å². The second-order valence-corrected chi connectivity index (χ2v) is 10.0. The fraction of sp³-hybridized carbons (Fsp3) is 0.385. The van der Waals surface area contributed by atoms with E-state index in [2.05, 4.69) is 37.9 Å². The van der Waals surface area contributed by atoms with Gasteiger partial charge in [0.05, 0.1) is 11.6 Å². The van der Waals surface area contributed by atoms with Crippen LogP contribution in [-0.2, 0) is 10.2 Å². The maximum absolute atomic E-state index is 13.5. The first kappa shape index (κ1) is 23.4. The average molecular weight is 474 g/mol. The molecule has 7 heteroatoms. The zero-order valence-electron chi connectivity index (χ0n) is 18.2. The number of carbonyl (C=O) groups excluding carboxylic acids is 1. The third kappa shape index (κ3) is 5.10. The minimum atomic E-state index is -0.762. The first-order valence-electron chi connectivity index (χ1n) is 11.1. The van der Waals surface area contributed by atoms with Crippen molar-refractivity contribution in [1.82, 2.24) is 4.90 Å². The number of piperidine rings is 1. The maximum atomic E-state index is 13.5. The van der Waals surface area contributed by atoms with E-state index in [1.54, 1.807) is 23.1 Å². The fourth-order valence-electron chi connectivity index (χ4n) is 4.67. The van der Waals surface area contributed by atoms with Gasteiger partial charge in [-0.2, -0.15) is 5.26 Å². The number of hydrogen-bond acceptors (Lipinski definition) is 5. The van der Waals surface area contributed by atoms with Gasteiger partial charge in [0.15, 0.2) is 0 Å². The van der Waals surface area contributed by atoms with Gasteiger partial charge in [0, 0.05) is 0 Å². The van der Waals surface area contributed by atoms with Gasteiger partial charge in [0.1, 0.15) is 0 Å². The first-order valence-corrected chi connectivity index (χ1v) is 12.4. The van der Waals surface area contributed by atoms with Gasteiger partial charge in [-0.05, 0) is 6.07 Å².